The predicted molar refractivity (Wildman–Crippen MR) is 162 cm³/mol. The van der Waals surface area contributed by atoms with E-state index < -0.39 is 39.8 Å². The summed E-state index contributed by atoms with van der Waals surface area (Å²) in [6, 6.07) is 5.08. The topological polar surface area (TPSA) is 154 Å². The van der Waals surface area contributed by atoms with E-state index in [2.05, 4.69) is 21.4 Å². The van der Waals surface area contributed by atoms with Crippen molar-refractivity contribution < 1.29 is 36.6 Å². The van der Waals surface area contributed by atoms with E-state index in [9.17, 15) is 31.9 Å². The first kappa shape index (κ1) is 30.4. The van der Waals surface area contributed by atoms with Crippen LogP contribution < -0.4 is 11.1 Å². The van der Waals surface area contributed by atoms with Crippen LogP contribution in [0.25, 0.3) is 10.6 Å². The first-order valence-corrected chi connectivity index (χ1v) is 17.1. The molecule has 1 saturated carbocycles. The second-order valence-corrected chi connectivity index (χ2v) is 15.1. The molecule has 240 valence electrons. The molecule has 1 saturated heterocycles. The minimum Gasteiger partial charge on any atom is -0.377 e. The summed E-state index contributed by atoms with van der Waals surface area (Å²) in [5, 5.41) is 3.15. The SMILES string of the molecule is NC(=O)CN1CCc2cc(Nc3ncc(C(F)(F)F)c(-c4cc5c(s4)C(=O)N(C4COC4)CCS5(O)O)n3)c(C3CC3)cc2C1. The quantitative estimate of drug-likeness (QED) is 0.283. The summed E-state index contributed by atoms with van der Waals surface area (Å²) < 4.78 is 69.9. The summed E-state index contributed by atoms with van der Waals surface area (Å²) in [4.78, 5) is 36.7. The van der Waals surface area contributed by atoms with Crippen LogP contribution >= 0.6 is 21.9 Å². The van der Waals surface area contributed by atoms with Gasteiger partial charge >= 0.3 is 6.18 Å². The van der Waals surface area contributed by atoms with Gasteiger partial charge < -0.3 is 20.7 Å². The maximum absolute atomic E-state index is 14.3. The molecule has 5 N–H and O–H groups in total. The average Bonchev–Trinajstić information content (AvgIpc) is 3.70. The smallest absolute Gasteiger partial charge is 0.377 e. The Hall–Kier alpha value is -3.28. The van der Waals surface area contributed by atoms with Gasteiger partial charge in [0, 0.05) is 31.5 Å². The third-order valence-electron chi connectivity index (χ3n) is 8.62. The van der Waals surface area contributed by atoms with Gasteiger partial charge in [-0.05, 0) is 54.0 Å². The van der Waals surface area contributed by atoms with Crippen LogP contribution in [0, 0.1) is 0 Å². The molecule has 2 fully saturated rings. The molecule has 16 heteroatoms. The fraction of sp³-hybridized carbons (Fsp3) is 0.448. The molecule has 5 heterocycles. The lowest BCUT2D eigenvalue weighted by atomic mass is 9.94. The van der Waals surface area contributed by atoms with E-state index in [-0.39, 0.29) is 51.4 Å². The number of primary amides is 1. The van der Waals surface area contributed by atoms with Gasteiger partial charge in [0.15, 0.2) is 0 Å². The van der Waals surface area contributed by atoms with Crippen molar-refractivity contribution in [3.8, 4) is 10.6 Å². The van der Waals surface area contributed by atoms with Gasteiger partial charge in [0.2, 0.25) is 11.9 Å². The maximum atomic E-state index is 14.3. The Morgan fingerprint density at radius 3 is 2.62 bits per heavy atom. The second kappa shape index (κ2) is 11.2. The van der Waals surface area contributed by atoms with Crippen molar-refractivity contribution in [3.63, 3.8) is 0 Å². The normalized spacial score (nSPS) is 21.0. The number of fused-ring (bicyclic) bond motifs is 2. The molecule has 2 amide bonds. The third-order valence-corrected chi connectivity index (χ3v) is 11.7. The molecule has 45 heavy (non-hydrogen) atoms. The minimum atomic E-state index is -4.81. The highest BCUT2D eigenvalue weighted by molar-refractivity contribution is 8.24. The number of ether oxygens (including phenoxy) is 1. The molecule has 1 aliphatic carbocycles. The number of nitrogens with one attached hydrogen (secondary N) is 1. The first-order chi connectivity index (χ1) is 21.4. The molecule has 0 bridgehead atoms. The van der Waals surface area contributed by atoms with Crippen LogP contribution in [0.3, 0.4) is 0 Å². The van der Waals surface area contributed by atoms with E-state index >= 15 is 0 Å². The summed E-state index contributed by atoms with van der Waals surface area (Å²) in [5.41, 5.74) is 7.69. The number of thiophene rings is 1. The summed E-state index contributed by atoms with van der Waals surface area (Å²) in [7, 11) is -3.45. The first-order valence-electron chi connectivity index (χ1n) is 14.5. The largest absolute Gasteiger partial charge is 0.420 e. The van der Waals surface area contributed by atoms with Crippen LogP contribution in [0.1, 0.15) is 50.7 Å². The number of alkyl halides is 3. The van der Waals surface area contributed by atoms with Crippen molar-refractivity contribution in [1.29, 1.82) is 0 Å². The second-order valence-electron chi connectivity index (χ2n) is 11.9. The van der Waals surface area contributed by atoms with Gasteiger partial charge in [0.05, 0.1) is 47.0 Å². The monoisotopic (exact) mass is 664 g/mol. The third kappa shape index (κ3) is 5.90. The number of amides is 2. The Labute approximate surface area is 261 Å². The van der Waals surface area contributed by atoms with Gasteiger partial charge in [-0.3, -0.25) is 23.6 Å². The fourth-order valence-corrected chi connectivity index (χ4v) is 9.02. The van der Waals surface area contributed by atoms with E-state index in [0.717, 1.165) is 40.9 Å². The Balaban J connectivity index is 1.25. The van der Waals surface area contributed by atoms with E-state index in [1.807, 2.05) is 11.0 Å². The number of carbonyl (C=O) groups excluding carboxylic acids is 2. The van der Waals surface area contributed by atoms with Crippen molar-refractivity contribution >= 4 is 45.4 Å². The van der Waals surface area contributed by atoms with Crippen molar-refractivity contribution in [1.82, 2.24) is 19.8 Å². The number of anilines is 2. The highest BCUT2D eigenvalue weighted by Gasteiger charge is 2.41. The van der Waals surface area contributed by atoms with Crippen LogP contribution in [0.15, 0.2) is 29.3 Å². The van der Waals surface area contributed by atoms with Gasteiger partial charge in [-0.2, -0.15) is 23.8 Å². The molecule has 11 nitrogen and oxygen atoms in total. The lowest BCUT2D eigenvalue weighted by molar-refractivity contribution is -0.137. The molecular weight excluding hydrogens is 633 g/mol. The van der Waals surface area contributed by atoms with E-state index in [0.29, 0.717) is 44.6 Å². The summed E-state index contributed by atoms with van der Waals surface area (Å²) in [6.07, 6.45) is -1.47. The van der Waals surface area contributed by atoms with E-state index in [4.69, 9.17) is 10.5 Å². The number of rotatable bonds is 7. The molecule has 0 atom stereocenters. The number of halogens is 3. The van der Waals surface area contributed by atoms with Crippen LogP contribution in [0.2, 0.25) is 0 Å². The predicted octanol–water partition coefficient (Wildman–Crippen LogP) is 4.65. The summed E-state index contributed by atoms with van der Waals surface area (Å²) in [5.74, 6) is -0.752. The van der Waals surface area contributed by atoms with Crippen molar-refractivity contribution in [2.24, 2.45) is 5.73 Å². The average molecular weight is 665 g/mol. The van der Waals surface area contributed by atoms with E-state index in [1.165, 1.54) is 11.0 Å². The highest BCUT2D eigenvalue weighted by atomic mass is 32.3. The van der Waals surface area contributed by atoms with Gasteiger partial charge in [-0.1, -0.05) is 6.07 Å². The highest BCUT2D eigenvalue weighted by Crippen LogP contribution is 2.56. The molecule has 7 rings (SSSR count). The number of nitrogens with two attached hydrogens (primary N) is 1. The van der Waals surface area contributed by atoms with Gasteiger partial charge in [0.1, 0.15) is 10.4 Å². The Morgan fingerprint density at radius 2 is 1.96 bits per heavy atom. The number of carbonyl (C=O) groups is 2. The number of benzene rings is 1. The van der Waals surface area contributed by atoms with E-state index in [1.54, 1.807) is 0 Å². The maximum Gasteiger partial charge on any atom is 0.420 e. The van der Waals surface area contributed by atoms with Crippen LogP contribution in [0.5, 0.6) is 0 Å². The van der Waals surface area contributed by atoms with Gasteiger partial charge in [-0.25, -0.2) is 9.97 Å². The zero-order valence-corrected chi connectivity index (χ0v) is 25.6. The zero-order chi connectivity index (χ0) is 31.7. The molecule has 1 aromatic carbocycles. The van der Waals surface area contributed by atoms with Crippen molar-refractivity contribution in [2.45, 2.75) is 48.8 Å². The Bertz CT molecular complexity index is 1690. The van der Waals surface area contributed by atoms with Gasteiger partial charge in [0.25, 0.3) is 5.91 Å². The lowest BCUT2D eigenvalue weighted by Crippen LogP contribution is -2.52. The molecule has 4 aliphatic rings. The minimum absolute atomic E-state index is 0.00766. The zero-order valence-electron chi connectivity index (χ0n) is 24.0. The standard InChI is InChI=1S/C29H31F3N6O5S2/c30-29(31,32)20-10-34-28(35-21-8-16-3-4-37(12-24(33)39)11-17(16)7-19(21)15-1-2-15)36-25(20)22-9-23-26(44-22)27(40)38(18-13-43-14-18)5-6-45(23,41)42/h7-10,15,18,41-42H,1-6,11-14H2,(H2,33,39)(H,34,35,36). The van der Waals surface area contributed by atoms with Crippen LogP contribution in [0.4, 0.5) is 24.8 Å². The molecule has 2 aromatic heterocycles. The van der Waals surface area contributed by atoms with Crippen molar-refractivity contribution in [2.75, 3.05) is 43.9 Å². The molecule has 3 aliphatic heterocycles. The van der Waals surface area contributed by atoms with Crippen LogP contribution in [-0.4, -0.2) is 85.3 Å². The summed E-state index contributed by atoms with van der Waals surface area (Å²) >= 11 is 0.767. The van der Waals surface area contributed by atoms with Crippen LogP contribution in [-0.2, 0) is 28.7 Å². The number of nitrogens with zero attached hydrogens (tertiary/aromatic N) is 4. The molecule has 3 aromatic rings. The Morgan fingerprint density at radius 1 is 1.18 bits per heavy atom. The Kier molecular flexibility index (Phi) is 7.56. The number of hydrogen-bond donors (Lipinski definition) is 4. The van der Waals surface area contributed by atoms with Crippen molar-refractivity contribution in [3.05, 3.63) is 51.5 Å². The molecule has 0 unspecified atom stereocenters. The number of aromatic nitrogens is 2. The molecule has 0 spiro atoms. The number of hydrogen-bond acceptors (Lipinski definition) is 10. The molecule has 0 radical (unpaired) electrons. The van der Waals surface area contributed by atoms with Gasteiger partial charge in [-0.15, -0.1) is 11.3 Å². The summed E-state index contributed by atoms with van der Waals surface area (Å²) in [6.45, 7) is 2.12. The molecular formula is C29H31F3N6O5S2. The lowest BCUT2D eigenvalue weighted by Gasteiger charge is -2.37. The fourth-order valence-electron chi connectivity index (χ4n) is 6.04.